The van der Waals surface area contributed by atoms with Gasteiger partial charge in [0.05, 0.1) is 24.8 Å². The topological polar surface area (TPSA) is 38.0 Å². The summed E-state index contributed by atoms with van der Waals surface area (Å²) in [5.41, 5.74) is 0.935. The molecule has 1 atom stereocenters. The average Bonchev–Trinajstić information content (AvgIpc) is 2.72. The molecule has 0 aliphatic rings. The van der Waals surface area contributed by atoms with Gasteiger partial charge in [-0.1, -0.05) is 33.1 Å². The third-order valence-electron chi connectivity index (χ3n) is 2.81. The standard InChI is InChI=1S/C12H22N2O/c1-3-5-7-11(6-4-2)14-10-13-8-12(14)9-15/h8,10-11,15H,3-7,9H2,1-2H3. The van der Waals surface area contributed by atoms with Crippen molar-refractivity contribution in [3.05, 3.63) is 18.2 Å². The van der Waals surface area contributed by atoms with Crippen LogP contribution in [0.3, 0.4) is 0 Å². The molecular formula is C12H22N2O. The molecule has 1 heterocycles. The molecule has 1 rings (SSSR count). The fourth-order valence-corrected chi connectivity index (χ4v) is 1.98. The first kappa shape index (κ1) is 12.2. The molecule has 3 nitrogen and oxygen atoms in total. The molecule has 0 spiro atoms. The number of imidazole rings is 1. The molecule has 0 amide bonds. The van der Waals surface area contributed by atoms with Crippen LogP contribution in [0.1, 0.15) is 57.7 Å². The van der Waals surface area contributed by atoms with E-state index < -0.39 is 0 Å². The minimum Gasteiger partial charge on any atom is -0.390 e. The average molecular weight is 210 g/mol. The highest BCUT2D eigenvalue weighted by molar-refractivity contribution is 4.98. The molecule has 3 heteroatoms. The van der Waals surface area contributed by atoms with E-state index in [9.17, 15) is 5.11 Å². The third kappa shape index (κ3) is 3.34. The van der Waals surface area contributed by atoms with E-state index in [1.807, 2.05) is 6.33 Å². The van der Waals surface area contributed by atoms with Crippen LogP contribution >= 0.6 is 0 Å². The Balaban J connectivity index is 2.69. The van der Waals surface area contributed by atoms with Crippen LogP contribution in [0.5, 0.6) is 0 Å². The predicted octanol–water partition coefficient (Wildman–Crippen LogP) is 2.91. The van der Waals surface area contributed by atoms with Crippen LogP contribution in [0.15, 0.2) is 12.5 Å². The minimum atomic E-state index is 0.0896. The van der Waals surface area contributed by atoms with Crippen LogP contribution in [0, 0.1) is 0 Å². The van der Waals surface area contributed by atoms with Crippen LogP contribution in [0.4, 0.5) is 0 Å². The van der Waals surface area contributed by atoms with Crippen molar-refractivity contribution in [1.29, 1.82) is 0 Å². The zero-order valence-corrected chi connectivity index (χ0v) is 9.82. The molecule has 0 aromatic carbocycles. The maximum absolute atomic E-state index is 9.19. The predicted molar refractivity (Wildman–Crippen MR) is 61.6 cm³/mol. The number of hydrogen-bond donors (Lipinski definition) is 1. The van der Waals surface area contributed by atoms with Gasteiger partial charge in [0.2, 0.25) is 0 Å². The van der Waals surface area contributed by atoms with Crippen molar-refractivity contribution in [2.75, 3.05) is 0 Å². The second-order valence-corrected chi connectivity index (χ2v) is 4.04. The van der Waals surface area contributed by atoms with Gasteiger partial charge in [0.15, 0.2) is 0 Å². The molecule has 0 saturated carbocycles. The second-order valence-electron chi connectivity index (χ2n) is 4.04. The van der Waals surface area contributed by atoms with E-state index in [0.717, 1.165) is 5.69 Å². The van der Waals surface area contributed by atoms with Crippen LogP contribution < -0.4 is 0 Å². The van der Waals surface area contributed by atoms with Crippen molar-refractivity contribution < 1.29 is 5.11 Å². The normalized spacial score (nSPS) is 13.0. The summed E-state index contributed by atoms with van der Waals surface area (Å²) in [5.74, 6) is 0. The monoisotopic (exact) mass is 210 g/mol. The molecule has 1 aromatic rings. The van der Waals surface area contributed by atoms with Gasteiger partial charge in [-0.05, 0) is 12.8 Å². The third-order valence-corrected chi connectivity index (χ3v) is 2.81. The number of hydrogen-bond acceptors (Lipinski definition) is 2. The number of aliphatic hydroxyl groups is 1. The highest BCUT2D eigenvalue weighted by Gasteiger charge is 2.12. The molecular weight excluding hydrogens is 188 g/mol. The van der Waals surface area contributed by atoms with Gasteiger partial charge in [-0.25, -0.2) is 4.98 Å². The van der Waals surface area contributed by atoms with Gasteiger partial charge in [0.25, 0.3) is 0 Å². The highest BCUT2D eigenvalue weighted by atomic mass is 16.3. The summed E-state index contributed by atoms with van der Waals surface area (Å²) in [7, 11) is 0. The van der Waals surface area contributed by atoms with Gasteiger partial charge in [0, 0.05) is 6.04 Å². The lowest BCUT2D eigenvalue weighted by Gasteiger charge is -2.19. The number of unbranched alkanes of at least 4 members (excludes halogenated alkanes) is 1. The van der Waals surface area contributed by atoms with E-state index in [1.165, 1.54) is 32.1 Å². The maximum atomic E-state index is 9.19. The Hall–Kier alpha value is -0.830. The summed E-state index contributed by atoms with van der Waals surface area (Å²) in [5, 5.41) is 9.19. The van der Waals surface area contributed by atoms with Gasteiger partial charge in [-0.2, -0.15) is 0 Å². The van der Waals surface area contributed by atoms with Gasteiger partial charge in [0.1, 0.15) is 0 Å². The number of nitrogens with zero attached hydrogens (tertiary/aromatic N) is 2. The van der Waals surface area contributed by atoms with E-state index in [0.29, 0.717) is 6.04 Å². The Morgan fingerprint density at radius 3 is 2.73 bits per heavy atom. The van der Waals surface area contributed by atoms with Gasteiger partial charge in [-0.3, -0.25) is 0 Å². The van der Waals surface area contributed by atoms with E-state index in [-0.39, 0.29) is 6.61 Å². The van der Waals surface area contributed by atoms with Crippen molar-refractivity contribution in [2.24, 2.45) is 0 Å². The molecule has 1 aromatic heterocycles. The van der Waals surface area contributed by atoms with Gasteiger partial charge >= 0.3 is 0 Å². The first-order chi connectivity index (χ1) is 7.33. The van der Waals surface area contributed by atoms with E-state index in [2.05, 4.69) is 23.4 Å². The van der Waals surface area contributed by atoms with Crippen molar-refractivity contribution in [2.45, 2.75) is 58.6 Å². The minimum absolute atomic E-state index is 0.0896. The van der Waals surface area contributed by atoms with Crippen molar-refractivity contribution in [1.82, 2.24) is 9.55 Å². The Morgan fingerprint density at radius 2 is 2.13 bits per heavy atom. The van der Waals surface area contributed by atoms with Gasteiger partial charge in [-0.15, -0.1) is 0 Å². The largest absolute Gasteiger partial charge is 0.390 e. The molecule has 0 saturated heterocycles. The first-order valence-electron chi connectivity index (χ1n) is 5.95. The summed E-state index contributed by atoms with van der Waals surface area (Å²) < 4.78 is 2.14. The van der Waals surface area contributed by atoms with Crippen molar-refractivity contribution in [3.8, 4) is 0 Å². The fourth-order valence-electron chi connectivity index (χ4n) is 1.98. The Morgan fingerprint density at radius 1 is 1.33 bits per heavy atom. The molecule has 1 unspecified atom stereocenters. The SMILES string of the molecule is CCCCC(CCC)n1cncc1CO. The summed E-state index contributed by atoms with van der Waals surface area (Å²) in [4.78, 5) is 4.11. The number of aliphatic hydroxyl groups excluding tert-OH is 1. The lowest BCUT2D eigenvalue weighted by Crippen LogP contribution is -2.11. The lowest BCUT2D eigenvalue weighted by atomic mass is 10.0. The van der Waals surface area contributed by atoms with Crippen LogP contribution in [0.25, 0.3) is 0 Å². The van der Waals surface area contributed by atoms with E-state index in [1.54, 1.807) is 6.20 Å². The van der Waals surface area contributed by atoms with E-state index in [4.69, 9.17) is 0 Å². The number of aromatic nitrogens is 2. The molecule has 0 bridgehead atoms. The summed E-state index contributed by atoms with van der Waals surface area (Å²) in [6.07, 6.45) is 9.61. The zero-order chi connectivity index (χ0) is 11.1. The summed E-state index contributed by atoms with van der Waals surface area (Å²) >= 11 is 0. The van der Waals surface area contributed by atoms with Crippen LogP contribution in [-0.2, 0) is 6.61 Å². The molecule has 0 aliphatic heterocycles. The smallest absolute Gasteiger partial charge is 0.0951 e. The Bertz CT molecular complexity index is 270. The first-order valence-corrected chi connectivity index (χ1v) is 5.95. The quantitative estimate of drug-likeness (QED) is 0.751. The Kier molecular flexibility index (Phi) is 5.40. The molecule has 86 valence electrons. The van der Waals surface area contributed by atoms with Gasteiger partial charge < -0.3 is 9.67 Å². The molecule has 15 heavy (non-hydrogen) atoms. The van der Waals surface area contributed by atoms with Crippen molar-refractivity contribution >= 4 is 0 Å². The molecule has 0 fully saturated rings. The second kappa shape index (κ2) is 6.62. The van der Waals surface area contributed by atoms with Crippen LogP contribution in [0.2, 0.25) is 0 Å². The van der Waals surface area contributed by atoms with E-state index >= 15 is 0 Å². The fraction of sp³-hybridized carbons (Fsp3) is 0.750. The van der Waals surface area contributed by atoms with Crippen molar-refractivity contribution in [3.63, 3.8) is 0 Å². The molecule has 1 N–H and O–H groups in total. The van der Waals surface area contributed by atoms with Crippen LogP contribution in [-0.4, -0.2) is 14.7 Å². The zero-order valence-electron chi connectivity index (χ0n) is 9.82. The molecule has 0 radical (unpaired) electrons. The summed E-state index contributed by atoms with van der Waals surface area (Å²) in [6.45, 7) is 4.50. The number of rotatable bonds is 7. The maximum Gasteiger partial charge on any atom is 0.0951 e. The highest BCUT2D eigenvalue weighted by Crippen LogP contribution is 2.22. The summed E-state index contributed by atoms with van der Waals surface area (Å²) in [6, 6.07) is 0.514. The molecule has 0 aliphatic carbocycles. The Labute approximate surface area is 92.1 Å². The lowest BCUT2D eigenvalue weighted by molar-refractivity contribution is 0.262.